The third kappa shape index (κ3) is 4.95. The van der Waals surface area contributed by atoms with E-state index >= 15 is 0 Å². The number of halogens is 2. The van der Waals surface area contributed by atoms with Crippen LogP contribution in [0.2, 0.25) is 10.0 Å². The maximum Gasteiger partial charge on any atom is 0.308 e. The minimum atomic E-state index is -0.777. The monoisotopic (exact) mass is 625 g/mol. The van der Waals surface area contributed by atoms with Crippen LogP contribution >= 0.6 is 46.3 Å². The fraction of sp³-hybridized carbons (Fsp3) is 0.172. The molecule has 0 saturated carbocycles. The molecular formula is C29H21Cl2N3O5S2. The Morgan fingerprint density at radius 3 is 2.37 bits per heavy atom. The number of rotatable bonds is 6. The average Bonchev–Trinajstić information content (AvgIpc) is 3.41. The molecule has 8 nitrogen and oxygen atoms in total. The predicted molar refractivity (Wildman–Crippen MR) is 161 cm³/mol. The van der Waals surface area contributed by atoms with Crippen LogP contribution in [0.5, 0.6) is 5.75 Å². The zero-order valence-corrected chi connectivity index (χ0v) is 24.5. The number of thioether (sulfide) groups is 1. The van der Waals surface area contributed by atoms with E-state index in [-0.39, 0.29) is 28.3 Å². The lowest BCUT2D eigenvalue weighted by molar-refractivity contribution is -0.122. The van der Waals surface area contributed by atoms with E-state index in [1.165, 1.54) is 15.5 Å². The van der Waals surface area contributed by atoms with Crippen molar-refractivity contribution in [3.63, 3.8) is 0 Å². The van der Waals surface area contributed by atoms with Gasteiger partial charge in [0, 0.05) is 16.5 Å². The van der Waals surface area contributed by atoms with Crippen molar-refractivity contribution in [1.29, 1.82) is 0 Å². The van der Waals surface area contributed by atoms with E-state index < -0.39 is 23.0 Å². The molecular weight excluding hydrogens is 605 g/mol. The minimum Gasteiger partial charge on any atom is -0.497 e. The molecule has 2 aliphatic rings. The first kappa shape index (κ1) is 27.6. The molecule has 2 unspecified atom stereocenters. The maximum absolute atomic E-state index is 13.9. The number of aromatic nitrogens is 1. The molecule has 3 amide bonds. The van der Waals surface area contributed by atoms with Crippen molar-refractivity contribution >= 4 is 75.4 Å². The summed E-state index contributed by atoms with van der Waals surface area (Å²) in [5, 5.41) is 3.10. The van der Waals surface area contributed by atoms with E-state index in [0.717, 1.165) is 28.7 Å². The topological polar surface area (TPSA) is 97.7 Å². The van der Waals surface area contributed by atoms with Crippen LogP contribution in [0.25, 0.3) is 0 Å². The molecule has 6 rings (SSSR count). The highest BCUT2D eigenvalue weighted by atomic mass is 35.5. The van der Waals surface area contributed by atoms with Crippen LogP contribution in [0, 0.1) is 5.92 Å². The highest BCUT2D eigenvalue weighted by Gasteiger charge is 2.56. The van der Waals surface area contributed by atoms with E-state index in [4.69, 9.17) is 27.9 Å². The van der Waals surface area contributed by atoms with E-state index in [1.54, 1.807) is 55.6 Å². The molecule has 0 aliphatic carbocycles. The van der Waals surface area contributed by atoms with Gasteiger partial charge in [-0.05, 0) is 48.0 Å². The fourth-order valence-corrected chi connectivity index (χ4v) is 8.25. The highest BCUT2D eigenvalue weighted by molar-refractivity contribution is 8.00. The lowest BCUT2D eigenvalue weighted by Gasteiger charge is -2.30. The number of fused-ring (bicyclic) bond motifs is 2. The first-order chi connectivity index (χ1) is 19.8. The number of thiazole rings is 1. The van der Waals surface area contributed by atoms with Gasteiger partial charge in [0.1, 0.15) is 17.5 Å². The lowest BCUT2D eigenvalue weighted by atomic mass is 9.83. The number of para-hydroxylation sites is 1. The molecule has 0 spiro atoms. The first-order valence-corrected chi connectivity index (χ1v) is 14.9. The molecule has 2 aliphatic heterocycles. The third-order valence-corrected chi connectivity index (χ3v) is 10.4. The van der Waals surface area contributed by atoms with Gasteiger partial charge in [0.25, 0.3) is 0 Å². The van der Waals surface area contributed by atoms with E-state index in [0.29, 0.717) is 32.1 Å². The number of hydrogen-bond acceptors (Lipinski definition) is 7. The van der Waals surface area contributed by atoms with Gasteiger partial charge in [0.15, 0.2) is 0 Å². The van der Waals surface area contributed by atoms with E-state index in [1.807, 2.05) is 18.2 Å². The van der Waals surface area contributed by atoms with E-state index in [9.17, 15) is 19.2 Å². The van der Waals surface area contributed by atoms with Gasteiger partial charge in [-0.3, -0.25) is 23.7 Å². The molecule has 1 saturated heterocycles. The van der Waals surface area contributed by atoms with Crippen molar-refractivity contribution in [2.45, 2.75) is 22.7 Å². The van der Waals surface area contributed by atoms with Crippen LogP contribution < -0.4 is 19.8 Å². The Bertz CT molecular complexity index is 1740. The minimum absolute atomic E-state index is 0.283. The number of nitrogens with one attached hydrogen (secondary N) is 1. The number of anilines is 2. The molecule has 3 atom stereocenters. The molecule has 0 bridgehead atoms. The molecule has 3 aromatic carbocycles. The number of carbonyl (C=O) groups excluding carboxylic acids is 3. The summed E-state index contributed by atoms with van der Waals surface area (Å²) in [7, 11) is 1.56. The van der Waals surface area contributed by atoms with E-state index in [2.05, 4.69) is 5.32 Å². The van der Waals surface area contributed by atoms with Gasteiger partial charge < -0.3 is 10.1 Å². The Hall–Kier alpha value is -3.57. The van der Waals surface area contributed by atoms with Crippen LogP contribution in [0.4, 0.5) is 11.4 Å². The van der Waals surface area contributed by atoms with Crippen LogP contribution in [-0.4, -0.2) is 34.6 Å². The normalized spacial score (nSPS) is 19.6. The van der Waals surface area contributed by atoms with Gasteiger partial charge in [-0.2, -0.15) is 0 Å². The second-order valence-corrected chi connectivity index (χ2v) is 12.4. The summed E-state index contributed by atoms with van der Waals surface area (Å²) in [5.74, 6) is -1.79. The number of hydrogen-bond donors (Lipinski definition) is 1. The number of imide groups is 1. The van der Waals surface area contributed by atoms with Crippen LogP contribution in [-0.2, 0) is 20.9 Å². The Balaban J connectivity index is 1.40. The van der Waals surface area contributed by atoms with Gasteiger partial charge >= 0.3 is 4.87 Å². The summed E-state index contributed by atoms with van der Waals surface area (Å²) >= 11 is 14.2. The maximum atomic E-state index is 13.9. The molecule has 41 heavy (non-hydrogen) atoms. The third-order valence-electron chi connectivity index (χ3n) is 7.04. The summed E-state index contributed by atoms with van der Waals surface area (Å²) in [6.07, 6.45) is 0. The summed E-state index contributed by atoms with van der Waals surface area (Å²) in [5.41, 5.74) is 1.69. The molecule has 4 aromatic rings. The summed E-state index contributed by atoms with van der Waals surface area (Å²) in [6.45, 7) is -0.283. The molecule has 0 radical (unpaired) electrons. The largest absolute Gasteiger partial charge is 0.497 e. The van der Waals surface area contributed by atoms with Gasteiger partial charge in [-0.25, -0.2) is 4.90 Å². The van der Waals surface area contributed by atoms with Crippen LogP contribution in [0.1, 0.15) is 16.4 Å². The van der Waals surface area contributed by atoms with Crippen molar-refractivity contribution < 1.29 is 19.1 Å². The number of benzene rings is 3. The van der Waals surface area contributed by atoms with Gasteiger partial charge in [-0.1, -0.05) is 76.6 Å². The lowest BCUT2D eigenvalue weighted by Crippen LogP contribution is -2.33. The zero-order valence-electron chi connectivity index (χ0n) is 21.4. The number of carbonyl (C=O) groups is 3. The number of nitrogens with zero attached hydrogens (tertiary/aromatic N) is 2. The molecule has 208 valence electrons. The zero-order chi connectivity index (χ0) is 28.8. The Morgan fingerprint density at radius 2 is 1.68 bits per heavy atom. The second-order valence-electron chi connectivity index (χ2n) is 9.46. The highest BCUT2D eigenvalue weighted by Crippen LogP contribution is 2.54. The predicted octanol–water partition coefficient (Wildman–Crippen LogP) is 5.66. The Kier molecular flexibility index (Phi) is 7.41. The number of methoxy groups -OCH3 is 1. The van der Waals surface area contributed by atoms with Gasteiger partial charge in [-0.15, -0.1) is 0 Å². The van der Waals surface area contributed by atoms with Crippen molar-refractivity contribution in [3.05, 3.63) is 103 Å². The quantitative estimate of drug-likeness (QED) is 0.278. The van der Waals surface area contributed by atoms with Crippen LogP contribution in [0.3, 0.4) is 0 Å². The SMILES string of the molecule is COc1ccc([C@H]2c3sc(=O)n(CC(=O)Nc4ccc(Cl)c(Cl)c4)c3SC3C(=O)N(c4ccccc4)C(=O)C32)cc1. The first-order valence-electron chi connectivity index (χ1n) is 12.5. The smallest absolute Gasteiger partial charge is 0.308 e. The van der Waals surface area contributed by atoms with Crippen molar-refractivity contribution in [1.82, 2.24) is 4.57 Å². The average molecular weight is 627 g/mol. The standard InChI is InChI=1S/C29H21Cl2N3O5S2/c1-39-18-10-7-15(8-11-18)22-23-24(27(37)34(26(23)36)17-5-3-2-4-6-17)40-28-25(22)41-29(38)33(28)14-21(35)32-16-9-12-19(30)20(31)13-16/h2-13,22-24H,14H2,1H3,(H,32,35)/t22-,23?,24?/m1/s1. The van der Waals surface area contributed by atoms with Crippen molar-refractivity contribution in [3.8, 4) is 5.75 Å². The summed E-state index contributed by atoms with van der Waals surface area (Å²) in [6, 6.07) is 20.7. The Morgan fingerprint density at radius 1 is 0.951 bits per heavy atom. The van der Waals surface area contributed by atoms with Crippen molar-refractivity contribution in [2.24, 2.45) is 5.92 Å². The molecule has 12 heteroatoms. The number of amides is 3. The van der Waals surface area contributed by atoms with Crippen LogP contribution in [0.15, 0.2) is 82.6 Å². The molecule has 1 aromatic heterocycles. The summed E-state index contributed by atoms with van der Waals surface area (Å²) in [4.78, 5) is 55.5. The fourth-order valence-electron chi connectivity index (χ4n) is 5.18. The van der Waals surface area contributed by atoms with Gasteiger partial charge in [0.05, 0.1) is 33.8 Å². The Labute approximate surface area is 252 Å². The van der Waals surface area contributed by atoms with Crippen molar-refractivity contribution in [2.75, 3.05) is 17.3 Å². The molecule has 1 fully saturated rings. The molecule has 1 N–H and O–H groups in total. The molecule has 3 heterocycles. The number of ether oxygens (including phenoxy) is 1. The second kappa shape index (κ2) is 11.0. The van der Waals surface area contributed by atoms with Gasteiger partial charge in [0.2, 0.25) is 17.7 Å². The summed E-state index contributed by atoms with van der Waals surface area (Å²) < 4.78 is 6.68.